The molecule has 2 aliphatic rings. The molecule has 2 heteroatoms. The van der Waals surface area contributed by atoms with Crippen LogP contribution in [0, 0.1) is 5.92 Å². The van der Waals surface area contributed by atoms with Crippen LogP contribution in [0.25, 0.3) is 0 Å². The summed E-state index contributed by atoms with van der Waals surface area (Å²) < 4.78 is 0. The largest absolute Gasteiger partial charge is 0.389 e. The molecule has 0 aromatic rings. The lowest BCUT2D eigenvalue weighted by Gasteiger charge is -2.24. The van der Waals surface area contributed by atoms with Gasteiger partial charge in [0.2, 0.25) is 0 Å². The van der Waals surface area contributed by atoms with Crippen LogP contribution in [0.1, 0.15) is 64.2 Å². The molecule has 0 radical (unpaired) electrons. The molecule has 2 fully saturated rings. The Kier molecular flexibility index (Phi) is 4.66. The number of nitrogens with one attached hydrogen (secondary N) is 1. The van der Waals surface area contributed by atoms with E-state index in [1.165, 1.54) is 51.4 Å². The Morgan fingerprint density at radius 2 is 1.56 bits per heavy atom. The van der Waals surface area contributed by atoms with Gasteiger partial charge in [-0.2, -0.15) is 0 Å². The summed E-state index contributed by atoms with van der Waals surface area (Å²) in [5, 5.41) is 13.7. The van der Waals surface area contributed by atoms with Gasteiger partial charge in [0.1, 0.15) is 0 Å². The highest BCUT2D eigenvalue weighted by Gasteiger charge is 2.30. The smallest absolute Gasteiger partial charge is 0.0771 e. The fourth-order valence-corrected chi connectivity index (χ4v) is 3.29. The minimum Gasteiger partial charge on any atom is -0.389 e. The first-order chi connectivity index (χ1) is 7.79. The minimum atomic E-state index is -0.370. The summed E-state index contributed by atoms with van der Waals surface area (Å²) in [6, 6.07) is 0. The van der Waals surface area contributed by atoms with E-state index < -0.39 is 0 Å². The van der Waals surface area contributed by atoms with Crippen molar-refractivity contribution >= 4 is 0 Å². The van der Waals surface area contributed by atoms with Crippen LogP contribution in [-0.4, -0.2) is 23.8 Å². The molecule has 0 atom stereocenters. The third kappa shape index (κ3) is 3.74. The highest BCUT2D eigenvalue weighted by Crippen LogP contribution is 2.29. The van der Waals surface area contributed by atoms with E-state index in [1.807, 2.05) is 0 Å². The van der Waals surface area contributed by atoms with Crippen molar-refractivity contribution in [2.24, 2.45) is 5.92 Å². The molecule has 0 unspecified atom stereocenters. The van der Waals surface area contributed by atoms with E-state index in [4.69, 9.17) is 0 Å². The van der Waals surface area contributed by atoms with Crippen LogP contribution in [0.3, 0.4) is 0 Å². The van der Waals surface area contributed by atoms with Crippen molar-refractivity contribution < 1.29 is 5.11 Å². The molecule has 2 N–H and O–H groups in total. The summed E-state index contributed by atoms with van der Waals surface area (Å²) in [6.45, 7) is 1.95. The van der Waals surface area contributed by atoms with Gasteiger partial charge in [-0.25, -0.2) is 0 Å². The van der Waals surface area contributed by atoms with Crippen LogP contribution < -0.4 is 5.32 Å². The highest BCUT2D eigenvalue weighted by molar-refractivity contribution is 4.86. The highest BCUT2D eigenvalue weighted by atomic mass is 16.3. The molecule has 2 aliphatic carbocycles. The zero-order valence-electron chi connectivity index (χ0n) is 10.5. The first-order valence-electron chi connectivity index (χ1n) is 7.22. The quantitative estimate of drug-likeness (QED) is 0.721. The first-order valence-corrected chi connectivity index (χ1v) is 7.22. The molecule has 2 saturated carbocycles. The fraction of sp³-hybridized carbons (Fsp3) is 1.00. The first kappa shape index (κ1) is 12.4. The summed E-state index contributed by atoms with van der Waals surface area (Å²) in [4.78, 5) is 0. The SMILES string of the molecule is OC1(CNCC2CCCCCC2)CCCC1. The van der Waals surface area contributed by atoms with E-state index in [0.717, 1.165) is 31.8 Å². The Morgan fingerprint density at radius 3 is 2.19 bits per heavy atom. The van der Waals surface area contributed by atoms with Gasteiger partial charge in [-0.3, -0.25) is 0 Å². The molecule has 0 aliphatic heterocycles. The van der Waals surface area contributed by atoms with Crippen molar-refractivity contribution in [2.45, 2.75) is 69.8 Å². The zero-order chi connectivity index (χ0) is 11.3. The molecular formula is C14H27NO. The van der Waals surface area contributed by atoms with Crippen molar-refractivity contribution in [1.82, 2.24) is 5.32 Å². The summed E-state index contributed by atoms with van der Waals surface area (Å²) in [5.74, 6) is 0.868. The molecule has 2 nitrogen and oxygen atoms in total. The normalized spacial score (nSPS) is 26.8. The molecule has 2 rings (SSSR count). The fourth-order valence-electron chi connectivity index (χ4n) is 3.29. The molecule has 0 spiro atoms. The summed E-state index contributed by atoms with van der Waals surface area (Å²) in [5.41, 5.74) is -0.370. The van der Waals surface area contributed by atoms with E-state index in [1.54, 1.807) is 0 Å². The predicted octanol–water partition coefficient (Wildman–Crippen LogP) is 2.85. The topological polar surface area (TPSA) is 32.3 Å². The van der Waals surface area contributed by atoms with Crippen molar-refractivity contribution in [2.75, 3.05) is 13.1 Å². The molecule has 0 amide bonds. The van der Waals surface area contributed by atoms with Crippen LogP contribution in [0.5, 0.6) is 0 Å². The maximum absolute atomic E-state index is 10.2. The predicted molar refractivity (Wildman–Crippen MR) is 67.5 cm³/mol. The van der Waals surface area contributed by atoms with Gasteiger partial charge in [0.15, 0.2) is 0 Å². The standard InChI is InChI=1S/C14H27NO/c16-14(9-5-6-10-14)12-15-11-13-7-3-1-2-4-8-13/h13,15-16H,1-12H2. The average molecular weight is 225 g/mol. The minimum absolute atomic E-state index is 0.370. The second-order valence-corrected chi connectivity index (χ2v) is 5.92. The van der Waals surface area contributed by atoms with Crippen LogP contribution in [0.15, 0.2) is 0 Å². The van der Waals surface area contributed by atoms with Crippen molar-refractivity contribution in [3.63, 3.8) is 0 Å². The maximum Gasteiger partial charge on any atom is 0.0771 e. The number of rotatable bonds is 4. The summed E-state index contributed by atoms with van der Waals surface area (Å²) in [6.07, 6.45) is 12.9. The Bertz CT molecular complexity index is 191. The monoisotopic (exact) mass is 225 g/mol. The average Bonchev–Trinajstić information content (AvgIpc) is 2.53. The van der Waals surface area contributed by atoms with E-state index in [0.29, 0.717) is 0 Å². The Morgan fingerprint density at radius 1 is 0.938 bits per heavy atom. The molecule has 0 heterocycles. The van der Waals surface area contributed by atoms with Gasteiger partial charge in [-0.15, -0.1) is 0 Å². The lowest BCUT2D eigenvalue weighted by Crippen LogP contribution is -2.39. The second kappa shape index (κ2) is 6.02. The Labute approximate surface area is 99.8 Å². The molecule has 16 heavy (non-hydrogen) atoms. The van der Waals surface area contributed by atoms with E-state index in [-0.39, 0.29) is 5.60 Å². The number of hydrogen-bond acceptors (Lipinski definition) is 2. The summed E-state index contributed by atoms with van der Waals surface area (Å²) in [7, 11) is 0. The third-order valence-electron chi connectivity index (χ3n) is 4.40. The Balaban J connectivity index is 1.62. The number of hydrogen-bond donors (Lipinski definition) is 2. The van der Waals surface area contributed by atoms with Crippen LogP contribution in [0.4, 0.5) is 0 Å². The van der Waals surface area contributed by atoms with Gasteiger partial charge < -0.3 is 10.4 Å². The zero-order valence-corrected chi connectivity index (χ0v) is 10.5. The van der Waals surface area contributed by atoms with Crippen molar-refractivity contribution in [3.05, 3.63) is 0 Å². The van der Waals surface area contributed by atoms with Gasteiger partial charge in [-0.05, 0) is 38.1 Å². The molecule has 94 valence electrons. The van der Waals surface area contributed by atoms with E-state index >= 15 is 0 Å². The second-order valence-electron chi connectivity index (χ2n) is 5.92. The van der Waals surface area contributed by atoms with Crippen molar-refractivity contribution in [1.29, 1.82) is 0 Å². The summed E-state index contributed by atoms with van der Waals surface area (Å²) >= 11 is 0. The third-order valence-corrected chi connectivity index (χ3v) is 4.40. The Hall–Kier alpha value is -0.0800. The maximum atomic E-state index is 10.2. The van der Waals surface area contributed by atoms with Gasteiger partial charge in [0.05, 0.1) is 5.60 Å². The molecular weight excluding hydrogens is 198 g/mol. The van der Waals surface area contributed by atoms with Crippen molar-refractivity contribution in [3.8, 4) is 0 Å². The van der Waals surface area contributed by atoms with Gasteiger partial charge in [0, 0.05) is 6.54 Å². The van der Waals surface area contributed by atoms with Gasteiger partial charge in [-0.1, -0.05) is 38.5 Å². The molecule has 0 aromatic carbocycles. The molecule has 0 aromatic heterocycles. The number of aliphatic hydroxyl groups is 1. The van der Waals surface area contributed by atoms with E-state index in [9.17, 15) is 5.11 Å². The van der Waals surface area contributed by atoms with Crippen LogP contribution in [-0.2, 0) is 0 Å². The van der Waals surface area contributed by atoms with Crippen LogP contribution >= 0.6 is 0 Å². The van der Waals surface area contributed by atoms with Crippen LogP contribution in [0.2, 0.25) is 0 Å². The lowest BCUT2D eigenvalue weighted by molar-refractivity contribution is 0.0467. The molecule has 0 bridgehead atoms. The lowest BCUT2D eigenvalue weighted by atomic mass is 9.99. The van der Waals surface area contributed by atoms with Gasteiger partial charge in [0.25, 0.3) is 0 Å². The van der Waals surface area contributed by atoms with Gasteiger partial charge >= 0.3 is 0 Å². The van der Waals surface area contributed by atoms with E-state index in [2.05, 4.69) is 5.32 Å². The molecule has 0 saturated heterocycles.